The third-order valence-corrected chi connectivity index (χ3v) is 5.06. The first-order valence-corrected chi connectivity index (χ1v) is 9.24. The molecule has 2 aliphatic rings. The molecule has 0 spiro atoms. The number of fused-ring (bicyclic) bond motifs is 3. The standard InChI is InChI=1S/C21H22N2O5/c1-26-18-7-8-19-15(11-18)12-22(10-9-16-13-28-21(25)23(16)19)20(24)14-27-17-5-3-2-4-6-17/h2-8,11,16H,9-10,12-14H2,1H3/t16-/m0/s1. The van der Waals surface area contributed by atoms with Gasteiger partial charge in [0.05, 0.1) is 18.8 Å². The average molecular weight is 382 g/mol. The summed E-state index contributed by atoms with van der Waals surface area (Å²) in [6.07, 6.45) is 0.303. The zero-order valence-corrected chi connectivity index (χ0v) is 15.7. The molecule has 2 aromatic carbocycles. The number of anilines is 1. The summed E-state index contributed by atoms with van der Waals surface area (Å²) in [5, 5.41) is 0. The molecule has 4 rings (SSSR count). The maximum Gasteiger partial charge on any atom is 0.414 e. The Kier molecular flexibility index (Phi) is 5.06. The van der Waals surface area contributed by atoms with Crippen LogP contribution in [0.2, 0.25) is 0 Å². The molecule has 1 fully saturated rings. The number of hydrogen-bond acceptors (Lipinski definition) is 5. The number of nitrogens with zero attached hydrogens (tertiary/aromatic N) is 2. The van der Waals surface area contributed by atoms with Crippen LogP contribution in [0.15, 0.2) is 48.5 Å². The van der Waals surface area contributed by atoms with Crippen LogP contribution in [0.1, 0.15) is 12.0 Å². The highest BCUT2D eigenvalue weighted by Gasteiger charge is 2.37. The molecule has 0 radical (unpaired) electrons. The Morgan fingerprint density at radius 1 is 1.18 bits per heavy atom. The number of hydrogen-bond donors (Lipinski definition) is 0. The van der Waals surface area contributed by atoms with Crippen LogP contribution >= 0.6 is 0 Å². The van der Waals surface area contributed by atoms with E-state index < -0.39 is 0 Å². The van der Waals surface area contributed by atoms with Crippen molar-refractivity contribution in [1.29, 1.82) is 0 Å². The van der Waals surface area contributed by atoms with Crippen LogP contribution in [0.5, 0.6) is 11.5 Å². The van der Waals surface area contributed by atoms with Gasteiger partial charge in [0, 0.05) is 13.1 Å². The number of carbonyl (C=O) groups is 2. The first kappa shape index (κ1) is 18.2. The lowest BCUT2D eigenvalue weighted by Gasteiger charge is -2.32. The predicted octanol–water partition coefficient (Wildman–Crippen LogP) is 2.83. The highest BCUT2D eigenvalue weighted by atomic mass is 16.6. The molecule has 0 bridgehead atoms. The van der Waals surface area contributed by atoms with Crippen LogP contribution in [-0.2, 0) is 16.1 Å². The summed E-state index contributed by atoms with van der Waals surface area (Å²) < 4.78 is 16.2. The van der Waals surface area contributed by atoms with Crippen molar-refractivity contribution in [3.05, 3.63) is 54.1 Å². The van der Waals surface area contributed by atoms with E-state index >= 15 is 0 Å². The molecule has 1 saturated heterocycles. The number of benzene rings is 2. The van der Waals surface area contributed by atoms with Gasteiger partial charge in [-0.25, -0.2) is 4.79 Å². The number of para-hydroxylation sites is 1. The highest BCUT2D eigenvalue weighted by Crippen LogP contribution is 2.33. The molecular weight excluding hydrogens is 360 g/mol. The largest absolute Gasteiger partial charge is 0.497 e. The van der Waals surface area contributed by atoms with Gasteiger partial charge in [-0.3, -0.25) is 9.69 Å². The molecule has 7 nitrogen and oxygen atoms in total. The summed E-state index contributed by atoms with van der Waals surface area (Å²) >= 11 is 0. The molecule has 0 N–H and O–H groups in total. The SMILES string of the molecule is COc1ccc2c(c1)CN(C(=O)COc1ccccc1)CC[C@H]1COC(=O)N21. The Morgan fingerprint density at radius 3 is 2.79 bits per heavy atom. The second-order valence-electron chi connectivity index (χ2n) is 6.80. The molecule has 1 atom stereocenters. The molecule has 2 amide bonds. The summed E-state index contributed by atoms with van der Waals surface area (Å²) in [6.45, 7) is 1.19. The Labute approximate surface area is 163 Å². The van der Waals surface area contributed by atoms with Gasteiger partial charge in [0.1, 0.15) is 18.1 Å². The fourth-order valence-corrected chi connectivity index (χ4v) is 3.57. The van der Waals surface area contributed by atoms with Crippen molar-refractivity contribution >= 4 is 17.7 Å². The summed E-state index contributed by atoms with van der Waals surface area (Å²) in [7, 11) is 1.59. The number of rotatable bonds is 4. The third-order valence-electron chi connectivity index (χ3n) is 5.06. The molecule has 2 aromatic rings. The number of cyclic esters (lactones) is 1. The van der Waals surface area contributed by atoms with E-state index in [0.717, 1.165) is 11.3 Å². The van der Waals surface area contributed by atoms with Crippen molar-refractivity contribution in [2.45, 2.75) is 19.0 Å². The second-order valence-corrected chi connectivity index (χ2v) is 6.80. The van der Waals surface area contributed by atoms with Crippen LogP contribution in [0.3, 0.4) is 0 Å². The normalized spacial score (nSPS) is 18.5. The van der Waals surface area contributed by atoms with E-state index in [1.807, 2.05) is 48.5 Å². The molecule has 2 aliphatic heterocycles. The molecule has 28 heavy (non-hydrogen) atoms. The fourth-order valence-electron chi connectivity index (χ4n) is 3.57. The first-order chi connectivity index (χ1) is 13.7. The van der Waals surface area contributed by atoms with Gasteiger partial charge in [0.15, 0.2) is 6.61 Å². The molecular formula is C21H22N2O5. The van der Waals surface area contributed by atoms with Gasteiger partial charge >= 0.3 is 6.09 Å². The van der Waals surface area contributed by atoms with Gasteiger partial charge in [0.2, 0.25) is 0 Å². The maximum absolute atomic E-state index is 12.8. The van der Waals surface area contributed by atoms with Gasteiger partial charge in [-0.05, 0) is 42.3 Å². The summed E-state index contributed by atoms with van der Waals surface area (Å²) in [6, 6.07) is 14.7. The van der Waals surface area contributed by atoms with Gasteiger partial charge < -0.3 is 19.1 Å². The maximum atomic E-state index is 12.8. The molecule has 146 valence electrons. The van der Waals surface area contributed by atoms with E-state index in [0.29, 0.717) is 37.6 Å². The van der Waals surface area contributed by atoms with Crippen LogP contribution in [-0.4, -0.2) is 49.8 Å². The second kappa shape index (κ2) is 7.80. The zero-order chi connectivity index (χ0) is 19.5. The molecule has 0 unspecified atom stereocenters. The number of amides is 2. The van der Waals surface area contributed by atoms with Gasteiger partial charge in [-0.2, -0.15) is 0 Å². The van der Waals surface area contributed by atoms with Crippen molar-refractivity contribution < 1.29 is 23.8 Å². The topological polar surface area (TPSA) is 68.3 Å². The monoisotopic (exact) mass is 382 g/mol. The lowest BCUT2D eigenvalue weighted by Crippen LogP contribution is -2.43. The number of methoxy groups -OCH3 is 1. The fraction of sp³-hybridized carbons (Fsp3) is 0.333. The van der Waals surface area contributed by atoms with Crippen molar-refractivity contribution in [2.75, 3.05) is 31.8 Å². The molecule has 0 aromatic heterocycles. The third kappa shape index (κ3) is 3.60. The van der Waals surface area contributed by atoms with Crippen LogP contribution in [0, 0.1) is 0 Å². The lowest BCUT2D eigenvalue weighted by atomic mass is 10.0. The summed E-state index contributed by atoms with van der Waals surface area (Å²) in [5.41, 5.74) is 1.60. The average Bonchev–Trinajstić information content (AvgIpc) is 3.07. The van der Waals surface area contributed by atoms with E-state index in [2.05, 4.69) is 0 Å². The molecule has 0 aliphatic carbocycles. The minimum atomic E-state index is -0.344. The van der Waals surface area contributed by atoms with Crippen LogP contribution < -0.4 is 14.4 Å². The number of carbonyl (C=O) groups excluding carboxylic acids is 2. The van der Waals surface area contributed by atoms with E-state index in [1.165, 1.54) is 0 Å². The Balaban J connectivity index is 1.56. The van der Waals surface area contributed by atoms with Gasteiger partial charge in [-0.15, -0.1) is 0 Å². The highest BCUT2D eigenvalue weighted by molar-refractivity contribution is 5.91. The minimum Gasteiger partial charge on any atom is -0.497 e. The van der Waals surface area contributed by atoms with Crippen LogP contribution in [0.25, 0.3) is 0 Å². The first-order valence-electron chi connectivity index (χ1n) is 9.24. The van der Waals surface area contributed by atoms with Crippen molar-refractivity contribution in [2.24, 2.45) is 0 Å². The summed E-state index contributed by atoms with van der Waals surface area (Å²) in [4.78, 5) is 28.5. The smallest absolute Gasteiger partial charge is 0.414 e. The van der Waals surface area contributed by atoms with E-state index in [9.17, 15) is 9.59 Å². The molecule has 7 heteroatoms. The quantitative estimate of drug-likeness (QED) is 0.813. The van der Waals surface area contributed by atoms with Gasteiger partial charge in [-0.1, -0.05) is 18.2 Å². The molecule has 2 heterocycles. The summed E-state index contributed by atoms with van der Waals surface area (Å²) in [5.74, 6) is 1.23. The molecule has 0 saturated carbocycles. The van der Waals surface area contributed by atoms with Gasteiger partial charge in [0.25, 0.3) is 5.91 Å². The van der Waals surface area contributed by atoms with E-state index in [-0.39, 0.29) is 24.6 Å². The Hall–Kier alpha value is -3.22. The number of ether oxygens (including phenoxy) is 3. The Bertz CT molecular complexity index is 870. The van der Waals surface area contributed by atoms with E-state index in [4.69, 9.17) is 14.2 Å². The minimum absolute atomic E-state index is 0.0346. The van der Waals surface area contributed by atoms with E-state index in [1.54, 1.807) is 16.9 Å². The van der Waals surface area contributed by atoms with Crippen molar-refractivity contribution in [1.82, 2.24) is 4.90 Å². The predicted molar refractivity (Wildman–Crippen MR) is 103 cm³/mol. The van der Waals surface area contributed by atoms with Crippen LogP contribution in [0.4, 0.5) is 10.5 Å². The van der Waals surface area contributed by atoms with Crippen molar-refractivity contribution in [3.8, 4) is 11.5 Å². The lowest BCUT2D eigenvalue weighted by molar-refractivity contribution is -0.134. The zero-order valence-electron chi connectivity index (χ0n) is 15.7. The van der Waals surface area contributed by atoms with Crippen molar-refractivity contribution in [3.63, 3.8) is 0 Å². The Morgan fingerprint density at radius 2 is 2.00 bits per heavy atom.